The number of halogens is 2. The third kappa shape index (κ3) is 3.16. The first-order chi connectivity index (χ1) is 7.54. The molecule has 1 aromatic carbocycles. The summed E-state index contributed by atoms with van der Waals surface area (Å²) in [6.45, 7) is 0.0803. The molecule has 1 unspecified atom stereocenters. The van der Waals surface area contributed by atoms with Gasteiger partial charge in [-0.3, -0.25) is 4.79 Å². The van der Waals surface area contributed by atoms with Crippen LogP contribution < -0.4 is 10.6 Å². The number of hydrogen-bond acceptors (Lipinski definition) is 3. The lowest BCUT2D eigenvalue weighted by Crippen LogP contribution is -2.39. The fourth-order valence-electron chi connectivity index (χ4n) is 1.14. The van der Waals surface area contributed by atoms with Gasteiger partial charge in [0, 0.05) is 12.2 Å². The SMILES string of the molecule is CNC(CNc1ccc(F)c(F)c1)C(=O)O. The number of aliphatic carboxylic acids is 1. The van der Waals surface area contributed by atoms with Gasteiger partial charge in [-0.15, -0.1) is 0 Å². The van der Waals surface area contributed by atoms with Gasteiger partial charge in [-0.25, -0.2) is 8.78 Å². The predicted molar refractivity (Wildman–Crippen MR) is 55.3 cm³/mol. The Balaban J connectivity index is 2.60. The van der Waals surface area contributed by atoms with Crippen molar-refractivity contribution in [1.29, 1.82) is 0 Å². The van der Waals surface area contributed by atoms with Gasteiger partial charge in [0.2, 0.25) is 0 Å². The smallest absolute Gasteiger partial charge is 0.322 e. The van der Waals surface area contributed by atoms with Gasteiger partial charge in [-0.1, -0.05) is 0 Å². The van der Waals surface area contributed by atoms with Gasteiger partial charge in [0.05, 0.1) is 0 Å². The van der Waals surface area contributed by atoms with Crippen LogP contribution in [0.15, 0.2) is 18.2 Å². The second-order valence-corrected chi connectivity index (χ2v) is 3.19. The Bertz CT molecular complexity index is 385. The molecule has 1 atom stereocenters. The van der Waals surface area contributed by atoms with E-state index in [2.05, 4.69) is 10.6 Å². The minimum absolute atomic E-state index is 0.0803. The number of hydrogen-bond donors (Lipinski definition) is 3. The lowest BCUT2D eigenvalue weighted by molar-refractivity contribution is -0.138. The van der Waals surface area contributed by atoms with Crippen LogP contribution in [-0.4, -0.2) is 30.7 Å². The zero-order valence-electron chi connectivity index (χ0n) is 8.63. The number of carboxylic acids is 1. The topological polar surface area (TPSA) is 61.4 Å². The van der Waals surface area contributed by atoms with Crippen molar-refractivity contribution in [2.24, 2.45) is 0 Å². The zero-order valence-corrected chi connectivity index (χ0v) is 8.63. The summed E-state index contributed by atoms with van der Waals surface area (Å²) >= 11 is 0. The first-order valence-corrected chi connectivity index (χ1v) is 4.63. The highest BCUT2D eigenvalue weighted by Gasteiger charge is 2.14. The van der Waals surface area contributed by atoms with Crippen LogP contribution in [0.5, 0.6) is 0 Å². The van der Waals surface area contributed by atoms with E-state index in [1.807, 2.05) is 0 Å². The molecule has 0 heterocycles. The van der Waals surface area contributed by atoms with Gasteiger partial charge in [-0.2, -0.15) is 0 Å². The van der Waals surface area contributed by atoms with E-state index in [1.54, 1.807) is 0 Å². The Labute approximate surface area is 91.3 Å². The molecule has 0 fully saturated rings. The molecule has 16 heavy (non-hydrogen) atoms. The highest BCUT2D eigenvalue weighted by Crippen LogP contribution is 2.12. The van der Waals surface area contributed by atoms with Crippen LogP contribution >= 0.6 is 0 Å². The van der Waals surface area contributed by atoms with E-state index in [0.717, 1.165) is 12.1 Å². The van der Waals surface area contributed by atoms with Crippen LogP contribution in [0, 0.1) is 11.6 Å². The lowest BCUT2D eigenvalue weighted by atomic mass is 10.2. The largest absolute Gasteiger partial charge is 0.480 e. The summed E-state index contributed by atoms with van der Waals surface area (Å²) in [7, 11) is 1.51. The van der Waals surface area contributed by atoms with Crippen molar-refractivity contribution in [1.82, 2.24) is 5.32 Å². The van der Waals surface area contributed by atoms with Crippen molar-refractivity contribution in [3.8, 4) is 0 Å². The van der Waals surface area contributed by atoms with Gasteiger partial charge < -0.3 is 15.7 Å². The van der Waals surface area contributed by atoms with E-state index < -0.39 is 23.6 Å². The van der Waals surface area contributed by atoms with Crippen molar-refractivity contribution in [3.05, 3.63) is 29.8 Å². The molecule has 6 heteroatoms. The number of anilines is 1. The zero-order chi connectivity index (χ0) is 12.1. The molecule has 3 N–H and O–H groups in total. The summed E-state index contributed by atoms with van der Waals surface area (Å²) in [6.07, 6.45) is 0. The van der Waals surface area contributed by atoms with Crippen molar-refractivity contribution in [3.63, 3.8) is 0 Å². The Morgan fingerprint density at radius 1 is 1.44 bits per heavy atom. The molecule has 1 aromatic rings. The number of likely N-dealkylation sites (N-methyl/N-ethyl adjacent to an activating group) is 1. The Kier molecular flexibility index (Phi) is 4.19. The van der Waals surface area contributed by atoms with E-state index in [0.29, 0.717) is 5.69 Å². The molecule has 88 valence electrons. The van der Waals surface area contributed by atoms with Gasteiger partial charge in [0.1, 0.15) is 6.04 Å². The third-order valence-corrected chi connectivity index (χ3v) is 2.08. The third-order valence-electron chi connectivity index (χ3n) is 2.08. The molecule has 0 aliphatic rings. The highest BCUT2D eigenvalue weighted by atomic mass is 19.2. The normalized spacial score (nSPS) is 12.2. The summed E-state index contributed by atoms with van der Waals surface area (Å²) in [5.41, 5.74) is 0.334. The summed E-state index contributed by atoms with van der Waals surface area (Å²) in [5.74, 6) is -2.92. The van der Waals surface area contributed by atoms with Gasteiger partial charge in [0.15, 0.2) is 11.6 Å². The number of benzene rings is 1. The van der Waals surface area contributed by atoms with Gasteiger partial charge in [-0.05, 0) is 25.2 Å². The standard InChI is InChI=1S/C10H12F2N2O2/c1-13-9(10(15)16)5-14-6-2-3-7(11)8(12)4-6/h2-4,9,13-14H,5H2,1H3,(H,15,16). The first kappa shape index (κ1) is 12.4. The minimum Gasteiger partial charge on any atom is -0.480 e. The fraction of sp³-hybridized carbons (Fsp3) is 0.300. The summed E-state index contributed by atoms with van der Waals surface area (Å²) in [5, 5.41) is 14.0. The number of carboxylic acid groups (broad SMARTS) is 1. The van der Waals surface area contributed by atoms with Gasteiger partial charge in [0.25, 0.3) is 0 Å². The molecule has 0 radical (unpaired) electrons. The monoisotopic (exact) mass is 230 g/mol. The molecule has 0 aliphatic carbocycles. The van der Waals surface area contributed by atoms with E-state index in [1.165, 1.54) is 13.1 Å². The highest BCUT2D eigenvalue weighted by molar-refractivity contribution is 5.74. The summed E-state index contributed by atoms with van der Waals surface area (Å²) in [4.78, 5) is 10.6. The van der Waals surface area contributed by atoms with Crippen LogP contribution in [0.3, 0.4) is 0 Å². The number of rotatable bonds is 5. The average Bonchev–Trinajstić information content (AvgIpc) is 2.23. The van der Waals surface area contributed by atoms with Crippen LogP contribution in [-0.2, 0) is 4.79 Å². The molecule has 0 bridgehead atoms. The van der Waals surface area contributed by atoms with Crippen LogP contribution in [0.2, 0.25) is 0 Å². The summed E-state index contributed by atoms with van der Waals surface area (Å²) in [6, 6.07) is 2.51. The van der Waals surface area contributed by atoms with Crippen LogP contribution in [0.1, 0.15) is 0 Å². The van der Waals surface area contributed by atoms with Crippen molar-refractivity contribution >= 4 is 11.7 Å². The Hall–Kier alpha value is -1.69. The van der Waals surface area contributed by atoms with Crippen molar-refractivity contribution in [2.75, 3.05) is 18.9 Å². The fourth-order valence-corrected chi connectivity index (χ4v) is 1.14. The van der Waals surface area contributed by atoms with E-state index in [-0.39, 0.29) is 6.54 Å². The molecule has 0 aromatic heterocycles. The molecule has 0 aliphatic heterocycles. The molecule has 0 amide bonds. The quantitative estimate of drug-likeness (QED) is 0.707. The maximum atomic E-state index is 12.8. The molecule has 4 nitrogen and oxygen atoms in total. The second-order valence-electron chi connectivity index (χ2n) is 3.19. The predicted octanol–water partition coefficient (Wildman–Crippen LogP) is 1.05. The Morgan fingerprint density at radius 3 is 2.62 bits per heavy atom. The first-order valence-electron chi connectivity index (χ1n) is 4.63. The molecule has 1 rings (SSSR count). The van der Waals surface area contributed by atoms with Crippen molar-refractivity contribution in [2.45, 2.75) is 6.04 Å². The second kappa shape index (κ2) is 5.41. The molecule has 0 saturated heterocycles. The Morgan fingerprint density at radius 2 is 2.12 bits per heavy atom. The minimum atomic E-state index is -1.02. The molecular weight excluding hydrogens is 218 g/mol. The van der Waals surface area contributed by atoms with E-state index in [9.17, 15) is 13.6 Å². The van der Waals surface area contributed by atoms with Crippen LogP contribution in [0.25, 0.3) is 0 Å². The summed E-state index contributed by atoms with van der Waals surface area (Å²) < 4.78 is 25.4. The maximum Gasteiger partial charge on any atom is 0.322 e. The number of nitrogens with one attached hydrogen (secondary N) is 2. The van der Waals surface area contributed by atoms with Crippen LogP contribution in [0.4, 0.5) is 14.5 Å². The lowest BCUT2D eigenvalue weighted by Gasteiger charge is -2.13. The molecular formula is C10H12F2N2O2. The maximum absolute atomic E-state index is 12.8. The average molecular weight is 230 g/mol. The van der Waals surface area contributed by atoms with E-state index in [4.69, 9.17) is 5.11 Å². The van der Waals surface area contributed by atoms with Crippen molar-refractivity contribution < 1.29 is 18.7 Å². The molecule has 0 spiro atoms. The van der Waals surface area contributed by atoms with Gasteiger partial charge >= 0.3 is 5.97 Å². The number of carbonyl (C=O) groups is 1. The van der Waals surface area contributed by atoms with E-state index >= 15 is 0 Å². The molecule has 0 saturated carbocycles.